The van der Waals surface area contributed by atoms with Crippen molar-refractivity contribution in [3.8, 4) is 11.5 Å². The molecule has 0 aromatic heterocycles. The highest BCUT2D eigenvalue weighted by molar-refractivity contribution is 5.78. The van der Waals surface area contributed by atoms with Crippen molar-refractivity contribution in [1.82, 2.24) is 10.2 Å². The molecule has 0 radical (unpaired) electrons. The molecule has 2 aromatic carbocycles. The number of carbonyl (C=O) groups is 1. The Morgan fingerprint density at radius 2 is 1.85 bits per heavy atom. The summed E-state index contributed by atoms with van der Waals surface area (Å²) in [5, 5.41) is 3.00. The van der Waals surface area contributed by atoms with Crippen LogP contribution in [0.15, 0.2) is 54.6 Å². The second-order valence-electron chi connectivity index (χ2n) is 6.84. The molecule has 1 fully saturated rings. The lowest BCUT2D eigenvalue weighted by Gasteiger charge is -2.27. The van der Waals surface area contributed by atoms with E-state index in [1.807, 2.05) is 30.3 Å². The third-order valence-electron chi connectivity index (χ3n) is 4.99. The maximum absolute atomic E-state index is 12.4. The van der Waals surface area contributed by atoms with Gasteiger partial charge in [-0.3, -0.25) is 9.69 Å². The van der Waals surface area contributed by atoms with E-state index in [-0.39, 0.29) is 12.0 Å². The van der Waals surface area contributed by atoms with Gasteiger partial charge in [0.05, 0.1) is 13.1 Å². The highest BCUT2D eigenvalue weighted by Crippen LogP contribution is 2.32. The summed E-state index contributed by atoms with van der Waals surface area (Å²) in [6, 6.07) is 18.4. The number of ether oxygens (including phenoxy) is 2. The van der Waals surface area contributed by atoms with Crippen LogP contribution in [0, 0.1) is 0 Å². The number of rotatable bonds is 5. The first kappa shape index (κ1) is 16.9. The van der Waals surface area contributed by atoms with E-state index in [4.69, 9.17) is 9.47 Å². The largest absolute Gasteiger partial charge is 0.486 e. The van der Waals surface area contributed by atoms with E-state index in [2.05, 4.69) is 34.5 Å². The molecular formula is C21H24N2O3. The number of benzene rings is 2. The van der Waals surface area contributed by atoms with Crippen molar-refractivity contribution in [3.05, 3.63) is 60.2 Å². The first-order valence-electron chi connectivity index (χ1n) is 9.24. The van der Waals surface area contributed by atoms with E-state index in [9.17, 15) is 4.79 Å². The highest BCUT2D eigenvalue weighted by Gasteiger charge is 2.28. The fourth-order valence-corrected chi connectivity index (χ4v) is 3.70. The van der Waals surface area contributed by atoms with Crippen molar-refractivity contribution in [2.45, 2.75) is 25.0 Å². The second-order valence-corrected chi connectivity index (χ2v) is 6.84. The Kier molecular flexibility index (Phi) is 5.07. The fourth-order valence-electron chi connectivity index (χ4n) is 3.70. The van der Waals surface area contributed by atoms with Gasteiger partial charge in [0.1, 0.15) is 12.7 Å². The highest BCUT2D eigenvalue weighted by atomic mass is 16.6. The Bertz CT molecular complexity index is 750. The summed E-state index contributed by atoms with van der Waals surface area (Å²) in [7, 11) is 0. The lowest BCUT2D eigenvalue weighted by molar-refractivity contribution is -0.123. The van der Waals surface area contributed by atoms with Gasteiger partial charge in [-0.15, -0.1) is 0 Å². The van der Waals surface area contributed by atoms with Crippen LogP contribution in [0.4, 0.5) is 0 Å². The number of hydrogen-bond acceptors (Lipinski definition) is 4. The molecule has 5 heteroatoms. The number of likely N-dealkylation sites (tertiary alicyclic amines) is 1. The average molecular weight is 352 g/mol. The van der Waals surface area contributed by atoms with Gasteiger partial charge in [0.15, 0.2) is 11.5 Å². The molecule has 2 aromatic rings. The molecule has 2 unspecified atom stereocenters. The number of nitrogens with zero attached hydrogens (tertiary/aromatic N) is 1. The summed E-state index contributed by atoms with van der Waals surface area (Å²) in [5.41, 5.74) is 1.29. The van der Waals surface area contributed by atoms with Gasteiger partial charge in [-0.05, 0) is 37.1 Å². The van der Waals surface area contributed by atoms with E-state index >= 15 is 0 Å². The van der Waals surface area contributed by atoms with Gasteiger partial charge >= 0.3 is 0 Å². The van der Waals surface area contributed by atoms with Crippen LogP contribution in [0.5, 0.6) is 11.5 Å². The predicted octanol–water partition coefficient (Wildman–Crippen LogP) is 2.78. The number of carbonyl (C=O) groups excluding carboxylic acids is 1. The van der Waals surface area contributed by atoms with E-state index in [1.165, 1.54) is 5.56 Å². The van der Waals surface area contributed by atoms with Gasteiger partial charge in [0.2, 0.25) is 5.91 Å². The molecule has 0 bridgehead atoms. The minimum absolute atomic E-state index is 0.0373. The molecule has 0 saturated carbocycles. The lowest BCUT2D eigenvalue weighted by atomic mass is 10.0. The lowest BCUT2D eigenvalue weighted by Crippen LogP contribution is -2.44. The van der Waals surface area contributed by atoms with Crippen molar-refractivity contribution in [3.63, 3.8) is 0 Å². The Labute approximate surface area is 153 Å². The van der Waals surface area contributed by atoms with Crippen molar-refractivity contribution < 1.29 is 14.3 Å². The minimum Gasteiger partial charge on any atom is -0.486 e. The zero-order valence-electron chi connectivity index (χ0n) is 14.8. The molecule has 2 atom stereocenters. The van der Waals surface area contributed by atoms with E-state index in [1.54, 1.807) is 0 Å². The Hall–Kier alpha value is -2.53. The third-order valence-corrected chi connectivity index (χ3v) is 4.99. The van der Waals surface area contributed by atoms with Gasteiger partial charge < -0.3 is 14.8 Å². The van der Waals surface area contributed by atoms with Crippen molar-refractivity contribution in [2.75, 3.05) is 26.2 Å². The summed E-state index contributed by atoms with van der Waals surface area (Å²) in [6.45, 7) is 2.29. The molecule has 1 N–H and O–H groups in total. The molecule has 1 saturated heterocycles. The molecule has 0 spiro atoms. The molecule has 4 rings (SSSR count). The van der Waals surface area contributed by atoms with Crippen LogP contribution in [-0.2, 0) is 4.79 Å². The molecule has 2 aliphatic heterocycles. The molecule has 1 amide bonds. The standard InChI is InChI=1S/C21H24N2O3/c24-21(14-23-12-6-9-18(23)16-7-2-1-3-8-16)22-13-17-15-25-19-10-4-5-11-20(19)26-17/h1-5,7-8,10-11,17-18H,6,9,12-15H2,(H,22,24). The maximum atomic E-state index is 12.4. The number of nitrogens with one attached hydrogen (secondary N) is 1. The molecular weight excluding hydrogens is 328 g/mol. The first-order valence-corrected chi connectivity index (χ1v) is 9.24. The smallest absolute Gasteiger partial charge is 0.234 e. The monoisotopic (exact) mass is 352 g/mol. The second kappa shape index (κ2) is 7.79. The quantitative estimate of drug-likeness (QED) is 0.899. The fraction of sp³-hybridized carbons (Fsp3) is 0.381. The van der Waals surface area contributed by atoms with E-state index in [0.29, 0.717) is 25.7 Å². The normalized spacial score (nSPS) is 22.2. The summed E-state index contributed by atoms with van der Waals surface area (Å²) in [6.07, 6.45) is 2.08. The number of para-hydroxylation sites is 2. The van der Waals surface area contributed by atoms with Crippen LogP contribution < -0.4 is 14.8 Å². The van der Waals surface area contributed by atoms with Gasteiger partial charge in [-0.1, -0.05) is 42.5 Å². The number of hydrogen-bond donors (Lipinski definition) is 1. The summed E-state index contributed by atoms with van der Waals surface area (Å²) in [5.74, 6) is 1.54. The van der Waals surface area contributed by atoms with Crippen LogP contribution >= 0.6 is 0 Å². The molecule has 5 nitrogen and oxygen atoms in total. The number of fused-ring (bicyclic) bond motifs is 1. The minimum atomic E-state index is -0.155. The molecule has 0 aliphatic carbocycles. The van der Waals surface area contributed by atoms with Gasteiger partial charge in [-0.25, -0.2) is 0 Å². The first-order chi connectivity index (χ1) is 12.8. The molecule has 26 heavy (non-hydrogen) atoms. The average Bonchev–Trinajstić information content (AvgIpc) is 3.15. The van der Waals surface area contributed by atoms with Crippen LogP contribution in [0.3, 0.4) is 0 Å². The van der Waals surface area contributed by atoms with Gasteiger partial charge in [-0.2, -0.15) is 0 Å². The van der Waals surface area contributed by atoms with Crippen LogP contribution in [0.1, 0.15) is 24.4 Å². The van der Waals surface area contributed by atoms with Gasteiger partial charge in [0, 0.05) is 6.04 Å². The topological polar surface area (TPSA) is 50.8 Å². The van der Waals surface area contributed by atoms with Crippen molar-refractivity contribution in [2.24, 2.45) is 0 Å². The van der Waals surface area contributed by atoms with Crippen LogP contribution in [-0.4, -0.2) is 43.2 Å². The zero-order chi connectivity index (χ0) is 17.8. The number of amides is 1. The van der Waals surface area contributed by atoms with Gasteiger partial charge in [0.25, 0.3) is 0 Å². The molecule has 136 valence electrons. The van der Waals surface area contributed by atoms with Crippen molar-refractivity contribution >= 4 is 5.91 Å². The van der Waals surface area contributed by atoms with E-state index in [0.717, 1.165) is 30.9 Å². The van der Waals surface area contributed by atoms with Crippen molar-refractivity contribution in [1.29, 1.82) is 0 Å². The zero-order valence-corrected chi connectivity index (χ0v) is 14.8. The summed E-state index contributed by atoms with van der Waals surface area (Å²) >= 11 is 0. The third kappa shape index (κ3) is 3.83. The predicted molar refractivity (Wildman–Crippen MR) is 99.4 cm³/mol. The van der Waals surface area contributed by atoms with Crippen LogP contribution in [0.25, 0.3) is 0 Å². The van der Waals surface area contributed by atoms with Crippen LogP contribution in [0.2, 0.25) is 0 Å². The molecule has 2 heterocycles. The summed E-state index contributed by atoms with van der Waals surface area (Å²) < 4.78 is 11.6. The van der Waals surface area contributed by atoms with E-state index < -0.39 is 0 Å². The summed E-state index contributed by atoms with van der Waals surface area (Å²) in [4.78, 5) is 14.7. The Morgan fingerprint density at radius 1 is 1.08 bits per heavy atom. The Balaban J connectivity index is 1.28. The SMILES string of the molecule is O=C(CN1CCCC1c1ccccc1)NCC1COc2ccccc2O1. The maximum Gasteiger partial charge on any atom is 0.234 e. The molecule has 2 aliphatic rings. The Morgan fingerprint density at radius 3 is 2.69 bits per heavy atom.